The summed E-state index contributed by atoms with van der Waals surface area (Å²) in [6.45, 7) is 1.49. The van der Waals surface area contributed by atoms with Gasteiger partial charge in [-0.3, -0.25) is 9.89 Å². The van der Waals surface area contributed by atoms with Crippen molar-refractivity contribution in [2.75, 3.05) is 20.2 Å². The minimum Gasteiger partial charge on any atom is -0.497 e. The van der Waals surface area contributed by atoms with Gasteiger partial charge >= 0.3 is 0 Å². The lowest BCUT2D eigenvalue weighted by Gasteiger charge is -2.28. The summed E-state index contributed by atoms with van der Waals surface area (Å²) < 4.78 is 6.13. The van der Waals surface area contributed by atoms with Gasteiger partial charge in [-0.05, 0) is 65.2 Å². The molecule has 1 saturated heterocycles. The maximum atomic E-state index is 13.4. The Morgan fingerprint density at radius 3 is 2.82 bits per heavy atom. The molecule has 28 heavy (non-hydrogen) atoms. The van der Waals surface area contributed by atoms with E-state index in [1.807, 2.05) is 23.1 Å². The first-order valence-electron chi connectivity index (χ1n) is 10.1. The Hall–Kier alpha value is -1.89. The summed E-state index contributed by atoms with van der Waals surface area (Å²) in [6, 6.07) is 5.56. The monoisotopic (exact) mass is 444 g/mol. The standard InChI is InChI=1S/C21H25BrN4O2/c1-28-14-6-7-17(22)15(10-14)20(27)26-11-16(21(12-26)8-2-3-9-21)19-23-18(24-25-19)13-4-5-13/h6-7,10,13,16H,2-5,8-9,11-12H2,1H3,(H,23,24,25). The van der Waals surface area contributed by atoms with E-state index in [1.54, 1.807) is 7.11 Å². The third-order valence-electron chi connectivity index (χ3n) is 6.73. The third-order valence-corrected chi connectivity index (χ3v) is 7.42. The summed E-state index contributed by atoms with van der Waals surface area (Å²) in [5, 5.41) is 7.70. The molecule has 0 radical (unpaired) electrons. The van der Waals surface area contributed by atoms with Crippen LogP contribution in [0.3, 0.4) is 0 Å². The number of halogens is 1. The van der Waals surface area contributed by atoms with Gasteiger partial charge in [-0.25, -0.2) is 4.98 Å². The van der Waals surface area contributed by atoms with Crippen LogP contribution in [-0.2, 0) is 0 Å². The Morgan fingerprint density at radius 2 is 2.11 bits per heavy atom. The van der Waals surface area contributed by atoms with E-state index in [9.17, 15) is 4.79 Å². The van der Waals surface area contributed by atoms with E-state index in [4.69, 9.17) is 9.72 Å². The van der Waals surface area contributed by atoms with Crippen LogP contribution in [-0.4, -0.2) is 46.2 Å². The number of hydrogen-bond acceptors (Lipinski definition) is 4. The van der Waals surface area contributed by atoms with Crippen molar-refractivity contribution in [2.45, 2.75) is 50.4 Å². The highest BCUT2D eigenvalue weighted by molar-refractivity contribution is 9.10. The molecule has 1 aliphatic heterocycles. The van der Waals surface area contributed by atoms with Gasteiger partial charge in [-0.2, -0.15) is 5.10 Å². The predicted molar refractivity (Wildman–Crippen MR) is 109 cm³/mol. The summed E-state index contributed by atoms with van der Waals surface area (Å²) in [5.41, 5.74) is 0.783. The number of benzene rings is 1. The number of methoxy groups -OCH3 is 1. The zero-order chi connectivity index (χ0) is 19.3. The molecular formula is C21H25BrN4O2. The van der Waals surface area contributed by atoms with E-state index in [-0.39, 0.29) is 17.2 Å². The summed E-state index contributed by atoms with van der Waals surface area (Å²) in [5.74, 6) is 3.47. The molecule has 6 nitrogen and oxygen atoms in total. The fraction of sp³-hybridized carbons (Fsp3) is 0.571. The largest absolute Gasteiger partial charge is 0.497 e. The summed E-state index contributed by atoms with van der Waals surface area (Å²) in [7, 11) is 1.62. The van der Waals surface area contributed by atoms with Crippen molar-refractivity contribution in [3.05, 3.63) is 39.9 Å². The molecule has 1 amide bonds. The number of H-pyrrole nitrogens is 1. The first-order valence-corrected chi connectivity index (χ1v) is 10.9. The van der Waals surface area contributed by atoms with Crippen molar-refractivity contribution < 1.29 is 9.53 Å². The van der Waals surface area contributed by atoms with Gasteiger partial charge in [0, 0.05) is 29.4 Å². The molecule has 1 atom stereocenters. The number of nitrogens with zero attached hydrogens (tertiary/aromatic N) is 3. The Balaban J connectivity index is 1.44. The van der Waals surface area contributed by atoms with E-state index in [1.165, 1.54) is 25.7 Å². The second-order valence-corrected chi connectivity index (χ2v) is 9.36. The van der Waals surface area contributed by atoms with Gasteiger partial charge < -0.3 is 9.64 Å². The molecule has 1 spiro atoms. The highest BCUT2D eigenvalue weighted by Crippen LogP contribution is 2.53. The van der Waals surface area contributed by atoms with Crippen molar-refractivity contribution in [2.24, 2.45) is 5.41 Å². The van der Waals surface area contributed by atoms with Crippen LogP contribution < -0.4 is 4.74 Å². The molecule has 2 aromatic rings. The number of rotatable bonds is 4. The number of aromatic nitrogens is 3. The second-order valence-electron chi connectivity index (χ2n) is 8.51. The van der Waals surface area contributed by atoms with Gasteiger partial charge in [0.2, 0.25) is 0 Å². The normalized spacial score (nSPS) is 23.5. The Labute approximate surface area is 173 Å². The molecule has 1 N–H and O–H groups in total. The lowest BCUT2D eigenvalue weighted by Crippen LogP contribution is -2.31. The van der Waals surface area contributed by atoms with Crippen LogP contribution in [0.15, 0.2) is 22.7 Å². The van der Waals surface area contributed by atoms with Crippen LogP contribution in [0.4, 0.5) is 0 Å². The maximum absolute atomic E-state index is 13.4. The van der Waals surface area contributed by atoms with Crippen molar-refractivity contribution in [1.82, 2.24) is 20.1 Å². The molecule has 2 aliphatic carbocycles. The molecule has 3 fully saturated rings. The lowest BCUT2D eigenvalue weighted by molar-refractivity contribution is 0.0772. The summed E-state index contributed by atoms with van der Waals surface area (Å²) in [4.78, 5) is 20.2. The Morgan fingerprint density at radius 1 is 1.32 bits per heavy atom. The zero-order valence-corrected chi connectivity index (χ0v) is 17.7. The smallest absolute Gasteiger partial charge is 0.255 e. The van der Waals surface area contributed by atoms with E-state index < -0.39 is 0 Å². The van der Waals surface area contributed by atoms with Crippen LogP contribution in [0.2, 0.25) is 0 Å². The first kappa shape index (κ1) is 18.2. The Bertz CT molecular complexity index is 902. The number of ether oxygens (including phenoxy) is 1. The SMILES string of the molecule is COc1ccc(Br)c(C(=O)N2CC(c3nc(C4CC4)n[nH]3)C3(CCCC3)C2)c1. The summed E-state index contributed by atoms with van der Waals surface area (Å²) >= 11 is 3.54. The molecule has 3 aliphatic rings. The number of aromatic amines is 1. The molecule has 7 heteroatoms. The topological polar surface area (TPSA) is 71.1 Å². The van der Waals surface area contributed by atoms with Crippen LogP contribution >= 0.6 is 15.9 Å². The van der Waals surface area contributed by atoms with Crippen molar-refractivity contribution in [3.63, 3.8) is 0 Å². The van der Waals surface area contributed by atoms with Gasteiger partial charge in [-0.15, -0.1) is 0 Å². The number of nitrogens with one attached hydrogen (secondary N) is 1. The van der Waals surface area contributed by atoms with Gasteiger partial charge in [0.15, 0.2) is 5.82 Å². The quantitative estimate of drug-likeness (QED) is 0.764. The van der Waals surface area contributed by atoms with E-state index >= 15 is 0 Å². The number of hydrogen-bond donors (Lipinski definition) is 1. The molecule has 148 valence electrons. The summed E-state index contributed by atoms with van der Waals surface area (Å²) in [6.07, 6.45) is 7.15. The van der Waals surface area contributed by atoms with E-state index in [0.29, 0.717) is 23.8 Å². The minimum atomic E-state index is 0.0569. The van der Waals surface area contributed by atoms with Crippen LogP contribution in [0.25, 0.3) is 0 Å². The van der Waals surface area contributed by atoms with Crippen LogP contribution in [0, 0.1) is 5.41 Å². The van der Waals surface area contributed by atoms with Gasteiger partial charge in [0.05, 0.1) is 12.7 Å². The molecule has 5 rings (SSSR count). The Kier molecular flexibility index (Phi) is 4.45. The molecular weight excluding hydrogens is 420 g/mol. The van der Waals surface area contributed by atoms with E-state index in [0.717, 1.165) is 35.5 Å². The number of likely N-dealkylation sites (tertiary alicyclic amines) is 1. The average Bonchev–Trinajstić information content (AvgIpc) is 3.12. The average molecular weight is 445 g/mol. The van der Waals surface area contributed by atoms with Crippen molar-refractivity contribution in [3.8, 4) is 5.75 Å². The maximum Gasteiger partial charge on any atom is 0.255 e. The highest BCUT2D eigenvalue weighted by atomic mass is 79.9. The lowest BCUT2D eigenvalue weighted by atomic mass is 9.76. The molecule has 2 saturated carbocycles. The molecule has 1 aromatic heterocycles. The van der Waals surface area contributed by atoms with Gasteiger partial charge in [-0.1, -0.05) is 12.8 Å². The van der Waals surface area contributed by atoms with Crippen LogP contribution in [0.1, 0.15) is 72.4 Å². The zero-order valence-electron chi connectivity index (χ0n) is 16.1. The van der Waals surface area contributed by atoms with E-state index in [2.05, 4.69) is 26.1 Å². The fourth-order valence-corrected chi connectivity index (χ4v) is 5.44. The van der Waals surface area contributed by atoms with Gasteiger partial charge in [0.25, 0.3) is 5.91 Å². The third kappa shape index (κ3) is 3.04. The van der Waals surface area contributed by atoms with Gasteiger partial charge in [0.1, 0.15) is 11.6 Å². The molecule has 0 bridgehead atoms. The van der Waals surface area contributed by atoms with Crippen LogP contribution in [0.5, 0.6) is 5.75 Å². The molecule has 2 heterocycles. The molecule has 1 unspecified atom stereocenters. The minimum absolute atomic E-state index is 0.0569. The second kappa shape index (κ2) is 6.87. The number of carbonyl (C=O) groups excluding carboxylic acids is 1. The highest BCUT2D eigenvalue weighted by Gasteiger charge is 2.51. The van der Waals surface area contributed by atoms with Crippen molar-refractivity contribution >= 4 is 21.8 Å². The number of amides is 1. The predicted octanol–water partition coefficient (Wildman–Crippen LogP) is 4.25. The fourth-order valence-electron chi connectivity index (χ4n) is 5.02. The molecule has 1 aromatic carbocycles. The number of carbonyl (C=O) groups is 1. The van der Waals surface area contributed by atoms with Crippen molar-refractivity contribution in [1.29, 1.82) is 0 Å². The first-order chi connectivity index (χ1) is 13.6.